The average molecular weight is 370 g/mol. The van der Waals surface area contributed by atoms with Crippen molar-refractivity contribution in [2.45, 2.75) is 45.1 Å². The molecule has 1 aromatic carbocycles. The predicted molar refractivity (Wildman–Crippen MR) is 94.9 cm³/mol. The molecule has 140 valence electrons. The Labute approximate surface area is 149 Å². The number of rotatable bonds is 9. The molecule has 0 saturated carbocycles. The first-order valence-electron chi connectivity index (χ1n) is 8.16. The van der Waals surface area contributed by atoms with Gasteiger partial charge in [0.25, 0.3) is 5.91 Å². The highest BCUT2D eigenvalue weighted by Crippen LogP contribution is 2.14. The standard InChI is InChI=1S/C17H26N2O5S/c1-12(2)11-19(10-9-16(20)21)17(22)14-5-7-15(8-6-14)25(23,24)18-13(3)4/h5-8,12-13,18H,9-11H2,1-4H3,(H,20,21). The molecule has 0 aliphatic rings. The Morgan fingerprint density at radius 3 is 2.12 bits per heavy atom. The summed E-state index contributed by atoms with van der Waals surface area (Å²) in [7, 11) is -3.62. The maximum absolute atomic E-state index is 12.6. The zero-order chi connectivity index (χ0) is 19.2. The number of carboxylic acids is 1. The van der Waals surface area contributed by atoms with Gasteiger partial charge in [-0.05, 0) is 44.0 Å². The van der Waals surface area contributed by atoms with Crippen molar-refractivity contribution in [3.8, 4) is 0 Å². The van der Waals surface area contributed by atoms with Crippen LogP contribution in [0, 0.1) is 5.92 Å². The monoisotopic (exact) mass is 370 g/mol. The molecule has 0 radical (unpaired) electrons. The smallest absolute Gasteiger partial charge is 0.305 e. The van der Waals surface area contributed by atoms with Crippen molar-refractivity contribution in [1.82, 2.24) is 9.62 Å². The topological polar surface area (TPSA) is 104 Å². The van der Waals surface area contributed by atoms with Gasteiger partial charge in [0, 0.05) is 24.7 Å². The van der Waals surface area contributed by atoms with Gasteiger partial charge in [0.15, 0.2) is 0 Å². The molecular weight excluding hydrogens is 344 g/mol. The van der Waals surface area contributed by atoms with E-state index < -0.39 is 16.0 Å². The number of benzene rings is 1. The summed E-state index contributed by atoms with van der Waals surface area (Å²) >= 11 is 0. The molecule has 25 heavy (non-hydrogen) atoms. The highest BCUT2D eigenvalue weighted by atomic mass is 32.2. The Kier molecular flexibility index (Phi) is 7.57. The minimum atomic E-state index is -3.62. The number of aliphatic carboxylic acids is 1. The van der Waals surface area contributed by atoms with Crippen molar-refractivity contribution < 1.29 is 23.1 Å². The van der Waals surface area contributed by atoms with Crippen molar-refractivity contribution in [3.05, 3.63) is 29.8 Å². The van der Waals surface area contributed by atoms with E-state index in [0.29, 0.717) is 12.1 Å². The third-order valence-electron chi connectivity index (χ3n) is 3.27. The highest BCUT2D eigenvalue weighted by Gasteiger charge is 2.20. The molecule has 1 amide bonds. The normalized spacial score (nSPS) is 11.8. The van der Waals surface area contributed by atoms with Gasteiger partial charge >= 0.3 is 5.97 Å². The van der Waals surface area contributed by atoms with Crippen molar-refractivity contribution in [1.29, 1.82) is 0 Å². The number of sulfonamides is 1. The second-order valence-corrected chi connectivity index (χ2v) is 8.30. The van der Waals surface area contributed by atoms with Crippen LogP contribution in [0.4, 0.5) is 0 Å². The molecule has 0 aromatic heterocycles. The van der Waals surface area contributed by atoms with Crippen LogP contribution in [0.15, 0.2) is 29.2 Å². The number of hydrogen-bond donors (Lipinski definition) is 2. The first-order chi connectivity index (χ1) is 11.5. The molecule has 7 nitrogen and oxygen atoms in total. The van der Waals surface area contributed by atoms with E-state index in [9.17, 15) is 18.0 Å². The van der Waals surface area contributed by atoms with E-state index in [1.54, 1.807) is 13.8 Å². The first kappa shape index (κ1) is 21.1. The Hall–Kier alpha value is -1.93. The summed E-state index contributed by atoms with van der Waals surface area (Å²) in [6.45, 7) is 7.87. The zero-order valence-electron chi connectivity index (χ0n) is 15.0. The van der Waals surface area contributed by atoms with Crippen LogP contribution >= 0.6 is 0 Å². The Balaban J connectivity index is 2.97. The molecule has 0 saturated heterocycles. The third kappa shape index (κ3) is 6.83. The second kappa shape index (κ2) is 8.96. The lowest BCUT2D eigenvalue weighted by atomic mass is 10.1. The minimum absolute atomic E-state index is 0.0821. The summed E-state index contributed by atoms with van der Waals surface area (Å²) < 4.78 is 26.7. The number of nitrogens with zero attached hydrogens (tertiary/aromatic N) is 1. The molecular formula is C17H26N2O5S. The summed E-state index contributed by atoms with van der Waals surface area (Å²) in [5.74, 6) is -1.09. The molecule has 8 heteroatoms. The molecule has 0 aliphatic heterocycles. The largest absolute Gasteiger partial charge is 0.481 e. The lowest BCUT2D eigenvalue weighted by molar-refractivity contribution is -0.137. The van der Waals surface area contributed by atoms with Gasteiger partial charge in [-0.3, -0.25) is 9.59 Å². The molecule has 0 unspecified atom stereocenters. The lowest BCUT2D eigenvalue weighted by Crippen LogP contribution is -2.36. The molecule has 1 rings (SSSR count). The first-order valence-corrected chi connectivity index (χ1v) is 9.64. The summed E-state index contributed by atoms with van der Waals surface area (Å²) in [5, 5.41) is 8.84. The number of carboxylic acid groups (broad SMARTS) is 1. The molecule has 2 N–H and O–H groups in total. The molecule has 0 atom stereocenters. The van der Waals surface area contributed by atoms with Crippen molar-refractivity contribution in [3.63, 3.8) is 0 Å². The average Bonchev–Trinajstić information content (AvgIpc) is 2.49. The SMILES string of the molecule is CC(C)CN(CCC(=O)O)C(=O)c1ccc(S(=O)(=O)NC(C)C)cc1. The van der Waals surface area contributed by atoms with Crippen molar-refractivity contribution >= 4 is 21.9 Å². The van der Waals surface area contributed by atoms with Crippen LogP contribution in [0.1, 0.15) is 44.5 Å². The maximum atomic E-state index is 12.6. The molecule has 0 heterocycles. The molecule has 0 fully saturated rings. The summed E-state index contributed by atoms with van der Waals surface area (Å²) in [4.78, 5) is 24.9. The van der Waals surface area contributed by atoms with Crippen LogP contribution in [0.5, 0.6) is 0 Å². The van der Waals surface area contributed by atoms with Crippen molar-refractivity contribution in [2.75, 3.05) is 13.1 Å². The van der Waals surface area contributed by atoms with E-state index in [1.165, 1.54) is 29.2 Å². The molecule has 0 aliphatic carbocycles. The van der Waals surface area contributed by atoms with Crippen LogP contribution in [-0.2, 0) is 14.8 Å². The van der Waals surface area contributed by atoms with E-state index >= 15 is 0 Å². The fourth-order valence-corrected chi connectivity index (χ4v) is 3.54. The Morgan fingerprint density at radius 2 is 1.68 bits per heavy atom. The van der Waals surface area contributed by atoms with Gasteiger partial charge < -0.3 is 10.0 Å². The summed E-state index contributed by atoms with van der Waals surface area (Å²) in [5.41, 5.74) is 0.328. The fourth-order valence-electron chi connectivity index (χ4n) is 2.28. The zero-order valence-corrected chi connectivity index (χ0v) is 15.8. The van der Waals surface area contributed by atoms with Gasteiger partial charge in [-0.1, -0.05) is 13.8 Å². The highest BCUT2D eigenvalue weighted by molar-refractivity contribution is 7.89. The number of carbonyl (C=O) groups is 2. The van der Waals surface area contributed by atoms with Crippen LogP contribution in [0.3, 0.4) is 0 Å². The molecule has 0 spiro atoms. The number of carbonyl (C=O) groups excluding carboxylic acids is 1. The number of amides is 1. The van der Waals surface area contributed by atoms with E-state index in [-0.39, 0.29) is 35.7 Å². The Morgan fingerprint density at radius 1 is 1.12 bits per heavy atom. The van der Waals surface area contributed by atoms with Crippen LogP contribution in [-0.4, -0.2) is 49.4 Å². The van der Waals surface area contributed by atoms with E-state index in [4.69, 9.17) is 5.11 Å². The van der Waals surface area contributed by atoms with Crippen LogP contribution in [0.25, 0.3) is 0 Å². The van der Waals surface area contributed by atoms with Gasteiger partial charge in [0.2, 0.25) is 10.0 Å². The summed E-state index contributed by atoms with van der Waals surface area (Å²) in [6, 6.07) is 5.42. The van der Waals surface area contributed by atoms with Crippen LogP contribution < -0.4 is 4.72 Å². The van der Waals surface area contributed by atoms with Crippen molar-refractivity contribution in [2.24, 2.45) is 5.92 Å². The van der Waals surface area contributed by atoms with Gasteiger partial charge in [-0.15, -0.1) is 0 Å². The van der Waals surface area contributed by atoms with E-state index in [0.717, 1.165) is 0 Å². The lowest BCUT2D eigenvalue weighted by Gasteiger charge is -2.24. The molecule has 1 aromatic rings. The van der Waals surface area contributed by atoms with Gasteiger partial charge in [-0.25, -0.2) is 13.1 Å². The fraction of sp³-hybridized carbons (Fsp3) is 0.529. The van der Waals surface area contributed by atoms with Gasteiger partial charge in [-0.2, -0.15) is 0 Å². The van der Waals surface area contributed by atoms with Crippen LogP contribution in [0.2, 0.25) is 0 Å². The van der Waals surface area contributed by atoms with Gasteiger partial charge in [0.1, 0.15) is 0 Å². The van der Waals surface area contributed by atoms with E-state index in [1.807, 2.05) is 13.8 Å². The number of nitrogens with one attached hydrogen (secondary N) is 1. The quantitative estimate of drug-likeness (QED) is 0.691. The second-order valence-electron chi connectivity index (χ2n) is 6.59. The minimum Gasteiger partial charge on any atom is -0.481 e. The Bertz CT molecular complexity index is 696. The maximum Gasteiger partial charge on any atom is 0.305 e. The third-order valence-corrected chi connectivity index (χ3v) is 4.95. The van der Waals surface area contributed by atoms with Gasteiger partial charge in [0.05, 0.1) is 11.3 Å². The summed E-state index contributed by atoms with van der Waals surface area (Å²) in [6.07, 6.45) is -0.136. The van der Waals surface area contributed by atoms with E-state index in [2.05, 4.69) is 4.72 Å². The number of hydrogen-bond acceptors (Lipinski definition) is 4. The predicted octanol–water partition coefficient (Wildman–Crippen LogP) is 1.95. The molecule has 0 bridgehead atoms.